The smallest absolute Gasteiger partial charge is 0.303 e. The molecule has 1 aromatic rings. The lowest BCUT2D eigenvalue weighted by Crippen LogP contribution is -2.29. The van der Waals surface area contributed by atoms with Gasteiger partial charge in [0, 0.05) is 19.5 Å². The molecular formula is C13H12ClF2NO3. The van der Waals surface area contributed by atoms with Crippen LogP contribution in [0.25, 0.3) is 0 Å². The van der Waals surface area contributed by atoms with Gasteiger partial charge in [-0.05, 0) is 24.5 Å². The number of carboxylic acid groups (broad SMARTS) is 1. The van der Waals surface area contributed by atoms with Crippen molar-refractivity contribution in [3.05, 3.63) is 34.4 Å². The van der Waals surface area contributed by atoms with Gasteiger partial charge in [0.2, 0.25) is 0 Å². The van der Waals surface area contributed by atoms with Gasteiger partial charge < -0.3 is 10.0 Å². The van der Waals surface area contributed by atoms with Gasteiger partial charge >= 0.3 is 5.97 Å². The molecule has 1 unspecified atom stereocenters. The fourth-order valence-corrected chi connectivity index (χ4v) is 2.44. The quantitative estimate of drug-likeness (QED) is 0.873. The Labute approximate surface area is 118 Å². The Hall–Kier alpha value is -1.69. The molecule has 1 atom stereocenters. The van der Waals surface area contributed by atoms with Crippen molar-refractivity contribution in [1.82, 2.24) is 4.90 Å². The van der Waals surface area contributed by atoms with Gasteiger partial charge in [-0.15, -0.1) is 0 Å². The second-order valence-electron chi connectivity index (χ2n) is 4.75. The molecule has 0 spiro atoms. The zero-order valence-corrected chi connectivity index (χ0v) is 11.2. The highest BCUT2D eigenvalue weighted by molar-refractivity contribution is 6.30. The molecule has 0 aromatic heterocycles. The molecule has 1 aromatic carbocycles. The molecule has 0 bridgehead atoms. The lowest BCUT2D eigenvalue weighted by molar-refractivity contribution is -0.138. The fraction of sp³-hybridized carbons (Fsp3) is 0.385. The molecule has 1 amide bonds. The van der Waals surface area contributed by atoms with Gasteiger partial charge in [0.05, 0.1) is 10.6 Å². The molecule has 20 heavy (non-hydrogen) atoms. The van der Waals surface area contributed by atoms with Gasteiger partial charge in [-0.1, -0.05) is 11.6 Å². The van der Waals surface area contributed by atoms with Crippen LogP contribution in [-0.2, 0) is 4.79 Å². The maximum atomic E-state index is 13.6. The molecule has 2 rings (SSSR count). The minimum absolute atomic E-state index is 0.0404. The topological polar surface area (TPSA) is 57.6 Å². The lowest BCUT2D eigenvalue weighted by atomic mass is 10.1. The van der Waals surface area contributed by atoms with E-state index in [0.29, 0.717) is 13.0 Å². The Morgan fingerprint density at radius 1 is 1.35 bits per heavy atom. The third-order valence-electron chi connectivity index (χ3n) is 3.28. The third kappa shape index (κ3) is 3.07. The van der Waals surface area contributed by atoms with Crippen LogP contribution >= 0.6 is 11.6 Å². The number of carbonyl (C=O) groups excluding carboxylic acids is 1. The molecule has 1 N–H and O–H groups in total. The summed E-state index contributed by atoms with van der Waals surface area (Å²) in [6.45, 7) is 0.565. The summed E-state index contributed by atoms with van der Waals surface area (Å²) in [7, 11) is 0. The summed E-state index contributed by atoms with van der Waals surface area (Å²) in [5.41, 5.74) is -0.386. The lowest BCUT2D eigenvalue weighted by Gasteiger charge is -2.17. The normalized spacial score (nSPS) is 18.4. The second-order valence-corrected chi connectivity index (χ2v) is 5.16. The monoisotopic (exact) mass is 303 g/mol. The first kappa shape index (κ1) is 14.7. The first-order chi connectivity index (χ1) is 9.38. The van der Waals surface area contributed by atoms with Crippen molar-refractivity contribution in [1.29, 1.82) is 0 Å². The molecule has 7 heteroatoms. The average molecular weight is 304 g/mol. The van der Waals surface area contributed by atoms with Crippen LogP contribution in [0.1, 0.15) is 23.2 Å². The van der Waals surface area contributed by atoms with Crippen LogP contribution < -0.4 is 0 Å². The Bertz CT molecular complexity index is 565. The maximum Gasteiger partial charge on any atom is 0.303 e. The highest BCUT2D eigenvalue weighted by Crippen LogP contribution is 2.24. The Morgan fingerprint density at radius 3 is 2.70 bits per heavy atom. The SMILES string of the molecule is O=C(O)CC1CCN(C(=O)c2cc(F)c(Cl)cc2F)C1. The molecular weight excluding hydrogens is 292 g/mol. The summed E-state index contributed by atoms with van der Waals surface area (Å²) in [5.74, 6) is -3.49. The first-order valence-electron chi connectivity index (χ1n) is 6.04. The van der Waals surface area contributed by atoms with E-state index in [1.165, 1.54) is 4.90 Å². The molecule has 0 aliphatic carbocycles. The summed E-state index contributed by atoms with van der Waals surface area (Å²) in [6, 6.07) is 1.53. The highest BCUT2D eigenvalue weighted by Gasteiger charge is 2.30. The van der Waals surface area contributed by atoms with Gasteiger partial charge in [-0.2, -0.15) is 0 Å². The summed E-state index contributed by atoms with van der Waals surface area (Å²) in [5, 5.41) is 8.31. The van der Waals surface area contributed by atoms with Gasteiger partial charge in [0.15, 0.2) is 0 Å². The summed E-state index contributed by atoms with van der Waals surface area (Å²) in [4.78, 5) is 24.0. The zero-order valence-electron chi connectivity index (χ0n) is 10.4. The summed E-state index contributed by atoms with van der Waals surface area (Å²) < 4.78 is 27.0. The first-order valence-corrected chi connectivity index (χ1v) is 6.42. The summed E-state index contributed by atoms with van der Waals surface area (Å²) in [6.07, 6.45) is 0.497. The predicted molar refractivity (Wildman–Crippen MR) is 67.6 cm³/mol. The molecule has 1 heterocycles. The number of hydrogen-bond acceptors (Lipinski definition) is 2. The Kier molecular flexibility index (Phi) is 4.23. The third-order valence-corrected chi connectivity index (χ3v) is 3.57. The largest absolute Gasteiger partial charge is 0.481 e. The number of amides is 1. The standard InChI is InChI=1S/C13H12ClF2NO3/c14-9-5-10(15)8(4-11(9)16)13(20)17-2-1-7(6-17)3-12(18)19/h4-5,7H,1-3,6H2,(H,18,19). The van der Waals surface area contributed by atoms with Crippen molar-refractivity contribution in [2.75, 3.05) is 13.1 Å². The number of carboxylic acids is 1. The number of aliphatic carboxylic acids is 1. The fourth-order valence-electron chi connectivity index (χ4n) is 2.29. The average Bonchev–Trinajstić information content (AvgIpc) is 2.80. The molecule has 1 saturated heterocycles. The van der Waals surface area contributed by atoms with Crippen LogP contribution in [0.15, 0.2) is 12.1 Å². The molecule has 108 valence electrons. The van der Waals surface area contributed by atoms with Crippen LogP contribution in [0.2, 0.25) is 5.02 Å². The van der Waals surface area contributed by atoms with Crippen molar-refractivity contribution in [2.24, 2.45) is 5.92 Å². The van der Waals surface area contributed by atoms with Crippen LogP contribution in [0, 0.1) is 17.6 Å². The van der Waals surface area contributed by atoms with Gasteiger partial charge in [-0.3, -0.25) is 9.59 Å². The molecule has 0 saturated carbocycles. The maximum absolute atomic E-state index is 13.6. The van der Waals surface area contributed by atoms with Crippen molar-refractivity contribution < 1.29 is 23.5 Å². The van der Waals surface area contributed by atoms with E-state index in [9.17, 15) is 18.4 Å². The number of halogens is 3. The Morgan fingerprint density at radius 2 is 2.05 bits per heavy atom. The molecule has 1 fully saturated rings. The van der Waals surface area contributed by atoms with Crippen molar-refractivity contribution in [3.63, 3.8) is 0 Å². The number of rotatable bonds is 3. The molecule has 0 radical (unpaired) electrons. The van der Waals surface area contributed by atoms with E-state index in [0.717, 1.165) is 12.1 Å². The zero-order chi connectivity index (χ0) is 14.9. The number of likely N-dealkylation sites (tertiary alicyclic amines) is 1. The van der Waals surface area contributed by atoms with Crippen LogP contribution in [0.4, 0.5) is 8.78 Å². The van der Waals surface area contributed by atoms with E-state index in [-0.39, 0.29) is 29.5 Å². The number of benzene rings is 1. The predicted octanol–water partition coefficient (Wildman–Crippen LogP) is 2.56. The van der Waals surface area contributed by atoms with E-state index in [1.807, 2.05) is 0 Å². The molecule has 1 aliphatic rings. The van der Waals surface area contributed by atoms with E-state index >= 15 is 0 Å². The van der Waals surface area contributed by atoms with E-state index in [2.05, 4.69) is 0 Å². The van der Waals surface area contributed by atoms with Crippen molar-refractivity contribution in [2.45, 2.75) is 12.8 Å². The van der Waals surface area contributed by atoms with E-state index in [1.54, 1.807) is 0 Å². The summed E-state index contributed by atoms with van der Waals surface area (Å²) >= 11 is 5.43. The molecule has 1 aliphatic heterocycles. The van der Waals surface area contributed by atoms with Gasteiger partial charge in [0.1, 0.15) is 11.6 Å². The van der Waals surface area contributed by atoms with E-state index in [4.69, 9.17) is 16.7 Å². The van der Waals surface area contributed by atoms with Crippen LogP contribution in [0.3, 0.4) is 0 Å². The van der Waals surface area contributed by atoms with Crippen LogP contribution in [-0.4, -0.2) is 35.0 Å². The van der Waals surface area contributed by atoms with E-state index < -0.39 is 23.5 Å². The minimum Gasteiger partial charge on any atom is -0.481 e. The Balaban J connectivity index is 2.13. The highest BCUT2D eigenvalue weighted by atomic mass is 35.5. The number of nitrogens with zero attached hydrogens (tertiary/aromatic N) is 1. The van der Waals surface area contributed by atoms with Gasteiger partial charge in [-0.25, -0.2) is 8.78 Å². The minimum atomic E-state index is -0.937. The number of carbonyl (C=O) groups is 2. The van der Waals surface area contributed by atoms with Gasteiger partial charge in [0.25, 0.3) is 5.91 Å². The number of hydrogen-bond donors (Lipinski definition) is 1. The van der Waals surface area contributed by atoms with Crippen LogP contribution in [0.5, 0.6) is 0 Å². The molecule has 4 nitrogen and oxygen atoms in total. The van der Waals surface area contributed by atoms with Crippen molar-refractivity contribution in [3.8, 4) is 0 Å². The second kappa shape index (κ2) is 5.75. The van der Waals surface area contributed by atoms with Crippen molar-refractivity contribution >= 4 is 23.5 Å².